The van der Waals surface area contributed by atoms with Crippen molar-refractivity contribution >= 4 is 28.4 Å². The Morgan fingerprint density at radius 1 is 1.36 bits per heavy atom. The monoisotopic (exact) mass is 352 g/mol. The second-order valence-corrected chi connectivity index (χ2v) is 6.35. The summed E-state index contributed by atoms with van der Waals surface area (Å²) < 4.78 is 1.83. The predicted octanol–water partition coefficient (Wildman–Crippen LogP) is 3.78. The lowest BCUT2D eigenvalue weighted by molar-refractivity contribution is 0.0931. The Hall–Kier alpha value is -2.84. The number of nitrogens with one attached hydrogen (secondary N) is 1. The quantitative estimate of drug-likeness (QED) is 0.776. The van der Waals surface area contributed by atoms with Gasteiger partial charge in [0.1, 0.15) is 5.69 Å². The van der Waals surface area contributed by atoms with Crippen LogP contribution in [0.5, 0.6) is 0 Å². The van der Waals surface area contributed by atoms with Gasteiger partial charge in [0.05, 0.1) is 24.2 Å². The number of nitrogens with zero attached hydrogens (tertiary/aromatic N) is 3. The van der Waals surface area contributed by atoms with Crippen molar-refractivity contribution in [2.45, 2.75) is 19.4 Å². The van der Waals surface area contributed by atoms with Crippen LogP contribution in [0.3, 0.4) is 0 Å². The van der Waals surface area contributed by atoms with Crippen molar-refractivity contribution in [3.05, 3.63) is 64.6 Å². The summed E-state index contributed by atoms with van der Waals surface area (Å²) in [6, 6.07) is 12.9. The number of fused-ring (bicyclic) bond motifs is 1. The molecule has 0 spiro atoms. The molecule has 1 unspecified atom stereocenters. The van der Waals surface area contributed by atoms with Gasteiger partial charge < -0.3 is 9.88 Å². The number of hydrogen-bond acceptors (Lipinski definition) is 3. The van der Waals surface area contributed by atoms with E-state index < -0.39 is 0 Å². The number of halogens is 1. The van der Waals surface area contributed by atoms with E-state index in [1.807, 2.05) is 48.9 Å². The molecule has 126 valence electrons. The van der Waals surface area contributed by atoms with Crippen LogP contribution in [0.1, 0.15) is 34.7 Å². The van der Waals surface area contributed by atoms with Crippen LogP contribution in [0.4, 0.5) is 0 Å². The van der Waals surface area contributed by atoms with E-state index in [2.05, 4.69) is 16.4 Å². The molecule has 0 fully saturated rings. The molecule has 0 saturated heterocycles. The Morgan fingerprint density at radius 3 is 2.84 bits per heavy atom. The van der Waals surface area contributed by atoms with Crippen LogP contribution in [-0.4, -0.2) is 15.5 Å². The van der Waals surface area contributed by atoms with Crippen molar-refractivity contribution < 1.29 is 4.79 Å². The van der Waals surface area contributed by atoms with E-state index in [1.54, 1.807) is 12.3 Å². The number of hydrogen-bond donors (Lipinski definition) is 1. The molecule has 3 aromatic rings. The van der Waals surface area contributed by atoms with Gasteiger partial charge in [-0.2, -0.15) is 5.26 Å². The first-order valence-electron chi connectivity index (χ1n) is 7.87. The summed E-state index contributed by atoms with van der Waals surface area (Å²) in [6.07, 6.45) is 1.99. The summed E-state index contributed by atoms with van der Waals surface area (Å²) >= 11 is 6.04. The maximum atomic E-state index is 12.6. The topological polar surface area (TPSA) is 70.7 Å². The Bertz CT molecular complexity index is 969. The summed E-state index contributed by atoms with van der Waals surface area (Å²) in [4.78, 5) is 17.0. The van der Waals surface area contributed by atoms with E-state index >= 15 is 0 Å². The number of benzene rings is 1. The first-order valence-corrected chi connectivity index (χ1v) is 8.25. The zero-order chi connectivity index (χ0) is 18.0. The zero-order valence-corrected chi connectivity index (χ0v) is 14.7. The van der Waals surface area contributed by atoms with Gasteiger partial charge in [0.2, 0.25) is 0 Å². The lowest BCUT2D eigenvalue weighted by atomic mass is 10.1. The van der Waals surface area contributed by atoms with Gasteiger partial charge in [0.25, 0.3) is 5.91 Å². The predicted molar refractivity (Wildman–Crippen MR) is 97.4 cm³/mol. The number of rotatable bonds is 4. The summed E-state index contributed by atoms with van der Waals surface area (Å²) in [5, 5.41) is 13.3. The standard InChI is InChI=1S/C19H17ClN4O/c1-12(16-6-3-13(7-8-21)11-22-16)23-19(25)18-9-14-4-5-15(20)10-17(14)24(18)2/h3-6,9-12H,7H2,1-2H3,(H,23,25). The number of nitriles is 1. The number of aryl methyl sites for hydroxylation is 1. The highest BCUT2D eigenvalue weighted by atomic mass is 35.5. The fourth-order valence-electron chi connectivity index (χ4n) is 2.75. The molecular formula is C19H17ClN4O. The van der Waals surface area contributed by atoms with E-state index in [-0.39, 0.29) is 11.9 Å². The van der Waals surface area contributed by atoms with E-state index in [9.17, 15) is 4.79 Å². The van der Waals surface area contributed by atoms with Crippen molar-refractivity contribution in [1.29, 1.82) is 5.26 Å². The molecule has 5 nitrogen and oxygen atoms in total. The smallest absolute Gasteiger partial charge is 0.268 e. The van der Waals surface area contributed by atoms with Gasteiger partial charge in [-0.1, -0.05) is 23.7 Å². The number of amides is 1. The van der Waals surface area contributed by atoms with Crippen molar-refractivity contribution in [3.63, 3.8) is 0 Å². The minimum absolute atomic E-state index is 0.176. The van der Waals surface area contributed by atoms with Gasteiger partial charge in [-0.25, -0.2) is 0 Å². The van der Waals surface area contributed by atoms with Crippen LogP contribution in [0.2, 0.25) is 5.02 Å². The van der Waals surface area contributed by atoms with Gasteiger partial charge in [0.15, 0.2) is 0 Å². The van der Waals surface area contributed by atoms with E-state index in [1.165, 1.54) is 0 Å². The lowest BCUT2D eigenvalue weighted by Gasteiger charge is -2.14. The van der Waals surface area contributed by atoms with Crippen LogP contribution in [0.25, 0.3) is 10.9 Å². The number of carbonyl (C=O) groups is 1. The molecule has 1 N–H and O–H groups in total. The Balaban J connectivity index is 1.79. The summed E-state index contributed by atoms with van der Waals surface area (Å²) in [7, 11) is 1.84. The third kappa shape index (κ3) is 3.49. The molecular weight excluding hydrogens is 336 g/mol. The van der Waals surface area contributed by atoms with E-state index in [0.29, 0.717) is 17.1 Å². The average Bonchev–Trinajstić information content (AvgIpc) is 2.92. The molecule has 0 aliphatic carbocycles. The fraction of sp³-hybridized carbons (Fsp3) is 0.211. The normalized spacial score (nSPS) is 11.9. The fourth-order valence-corrected chi connectivity index (χ4v) is 2.92. The maximum Gasteiger partial charge on any atom is 0.268 e. The molecule has 6 heteroatoms. The Kier molecular flexibility index (Phi) is 4.73. The van der Waals surface area contributed by atoms with Crippen molar-refractivity contribution in [2.75, 3.05) is 0 Å². The third-order valence-electron chi connectivity index (χ3n) is 4.16. The molecule has 2 heterocycles. The largest absolute Gasteiger partial charge is 0.343 e. The molecule has 3 rings (SSSR count). The van der Waals surface area contributed by atoms with Crippen LogP contribution in [0.15, 0.2) is 42.6 Å². The van der Waals surface area contributed by atoms with Gasteiger partial charge in [-0.05, 0) is 36.8 Å². The van der Waals surface area contributed by atoms with Crippen LogP contribution < -0.4 is 5.32 Å². The molecule has 0 radical (unpaired) electrons. The first kappa shape index (κ1) is 17.0. The van der Waals surface area contributed by atoms with Crippen molar-refractivity contribution in [1.82, 2.24) is 14.9 Å². The third-order valence-corrected chi connectivity index (χ3v) is 4.40. The zero-order valence-electron chi connectivity index (χ0n) is 14.0. The molecule has 0 bridgehead atoms. The molecule has 25 heavy (non-hydrogen) atoms. The van der Waals surface area contributed by atoms with E-state index in [0.717, 1.165) is 22.2 Å². The molecule has 0 saturated carbocycles. The molecule has 0 aliphatic heterocycles. The summed E-state index contributed by atoms with van der Waals surface area (Å²) in [5.41, 5.74) is 3.07. The molecule has 2 aromatic heterocycles. The highest BCUT2D eigenvalue weighted by molar-refractivity contribution is 6.31. The van der Waals surface area contributed by atoms with Gasteiger partial charge in [-0.15, -0.1) is 0 Å². The minimum atomic E-state index is -0.245. The maximum absolute atomic E-state index is 12.6. The summed E-state index contributed by atoms with van der Waals surface area (Å²) in [6.45, 7) is 1.88. The van der Waals surface area contributed by atoms with Crippen LogP contribution in [-0.2, 0) is 13.5 Å². The van der Waals surface area contributed by atoms with Gasteiger partial charge >= 0.3 is 0 Å². The Morgan fingerprint density at radius 2 is 2.16 bits per heavy atom. The lowest BCUT2D eigenvalue weighted by Crippen LogP contribution is -2.28. The van der Waals surface area contributed by atoms with Crippen LogP contribution >= 0.6 is 11.6 Å². The molecule has 1 atom stereocenters. The Labute approximate surface area is 150 Å². The van der Waals surface area contributed by atoms with Crippen LogP contribution in [0, 0.1) is 11.3 Å². The first-order chi connectivity index (χ1) is 12.0. The van der Waals surface area contributed by atoms with E-state index in [4.69, 9.17) is 16.9 Å². The summed E-state index contributed by atoms with van der Waals surface area (Å²) in [5.74, 6) is -0.176. The van der Waals surface area contributed by atoms with Crippen molar-refractivity contribution in [2.24, 2.45) is 7.05 Å². The minimum Gasteiger partial charge on any atom is -0.343 e. The second kappa shape index (κ2) is 6.96. The number of carbonyl (C=O) groups excluding carboxylic acids is 1. The molecule has 0 aliphatic rings. The van der Waals surface area contributed by atoms with Gasteiger partial charge in [0, 0.05) is 29.2 Å². The number of pyridine rings is 1. The highest BCUT2D eigenvalue weighted by Crippen LogP contribution is 2.23. The number of aromatic nitrogens is 2. The molecule has 1 aromatic carbocycles. The molecule has 1 amide bonds. The second-order valence-electron chi connectivity index (χ2n) is 5.91. The SMILES string of the molecule is CC(NC(=O)c1cc2ccc(Cl)cc2n1C)c1ccc(CC#N)cn1. The highest BCUT2D eigenvalue weighted by Gasteiger charge is 2.17. The van der Waals surface area contributed by atoms with Crippen molar-refractivity contribution in [3.8, 4) is 6.07 Å². The van der Waals surface area contributed by atoms with Gasteiger partial charge in [-0.3, -0.25) is 9.78 Å². The average molecular weight is 353 g/mol.